The molecule has 0 aliphatic heterocycles. The van der Waals surface area contributed by atoms with E-state index in [0.29, 0.717) is 15.7 Å². The Morgan fingerprint density at radius 1 is 0.947 bits per heavy atom. The Balaban J connectivity index is 0. The number of hydrogen-bond acceptors (Lipinski definition) is 7. The summed E-state index contributed by atoms with van der Waals surface area (Å²) in [6.07, 6.45) is 1.13. The van der Waals surface area contributed by atoms with Crippen LogP contribution in [-0.2, 0) is 0 Å². The summed E-state index contributed by atoms with van der Waals surface area (Å²) in [5, 5.41) is 5.01. The summed E-state index contributed by atoms with van der Waals surface area (Å²) in [7, 11) is 4.72. The van der Waals surface area contributed by atoms with Gasteiger partial charge in [0.1, 0.15) is 0 Å². The van der Waals surface area contributed by atoms with Crippen LogP contribution in [0.5, 0.6) is 0 Å². The van der Waals surface area contributed by atoms with Crippen molar-refractivity contribution in [2.75, 3.05) is 0 Å². The van der Waals surface area contributed by atoms with E-state index < -0.39 is 8.60 Å². The molecule has 0 bridgehead atoms. The molecule has 114 valence electrons. The minimum atomic E-state index is -2.62. The second-order valence-corrected chi connectivity index (χ2v) is 10.1. The zero-order chi connectivity index (χ0) is 15.3. The molecule has 0 amide bonds. The highest BCUT2D eigenvalue weighted by Gasteiger charge is 2.04. The van der Waals surface area contributed by atoms with Gasteiger partial charge in [0, 0.05) is 10.5 Å². The van der Waals surface area contributed by atoms with Gasteiger partial charge in [0.25, 0.3) is 0 Å². The molecule has 0 fully saturated rings. The van der Waals surface area contributed by atoms with Crippen molar-refractivity contribution in [1.82, 2.24) is 0 Å². The van der Waals surface area contributed by atoms with Crippen LogP contribution in [0.25, 0.3) is 0 Å². The lowest BCUT2D eigenvalue weighted by Crippen LogP contribution is -1.95. The van der Waals surface area contributed by atoms with Gasteiger partial charge in [-0.2, -0.15) is 0 Å². The van der Waals surface area contributed by atoms with Gasteiger partial charge in [-0.15, -0.1) is 0 Å². The first kappa shape index (κ1) is 22.5. The van der Waals surface area contributed by atoms with E-state index in [1.54, 1.807) is 10.8 Å². The monoisotopic (exact) mass is 362 g/mol. The smallest absolute Gasteiger partial charge is 0.324 e. The van der Waals surface area contributed by atoms with Crippen molar-refractivity contribution in [3.05, 3.63) is 0 Å². The van der Waals surface area contributed by atoms with Crippen LogP contribution in [0.2, 0.25) is 0 Å². The van der Waals surface area contributed by atoms with Crippen molar-refractivity contribution in [1.29, 1.82) is 0 Å². The molecule has 0 saturated carbocycles. The molecule has 0 spiro atoms. The summed E-state index contributed by atoms with van der Waals surface area (Å²) >= 11 is 0. The lowest BCUT2D eigenvalue weighted by Gasteiger charge is -2.08. The highest BCUT2D eigenvalue weighted by Crippen LogP contribution is 2.32. The molecule has 8 heteroatoms. The number of rotatable bonds is 6. The van der Waals surface area contributed by atoms with Crippen molar-refractivity contribution < 1.29 is 14.7 Å². The minimum absolute atomic E-state index is 0.484. The van der Waals surface area contributed by atoms with Crippen molar-refractivity contribution in [2.24, 2.45) is 0 Å². The Morgan fingerprint density at radius 2 is 1.42 bits per heavy atom. The predicted octanol–water partition coefficient (Wildman–Crippen LogP) is 4.50. The molecular formula is C11H23O3PS4. The van der Waals surface area contributed by atoms with Gasteiger partial charge in [-0.25, -0.2) is 0 Å². The SMILES string of the molecule is CCC(C#CSSC(C)C)SSC(C)C.OP(O)O. The first-order chi connectivity index (χ1) is 8.79. The second kappa shape index (κ2) is 15.7. The zero-order valence-corrected chi connectivity index (χ0v) is 16.0. The maximum absolute atomic E-state index is 7.23. The van der Waals surface area contributed by atoms with Gasteiger partial charge in [-0.3, -0.25) is 0 Å². The van der Waals surface area contributed by atoms with Crippen molar-refractivity contribution in [2.45, 2.75) is 56.8 Å². The fourth-order valence-electron chi connectivity index (χ4n) is 0.582. The molecule has 0 aromatic rings. The van der Waals surface area contributed by atoms with E-state index in [4.69, 9.17) is 14.7 Å². The van der Waals surface area contributed by atoms with Gasteiger partial charge in [-0.1, -0.05) is 72.9 Å². The van der Waals surface area contributed by atoms with E-state index in [0.717, 1.165) is 6.42 Å². The third-order valence-corrected chi connectivity index (χ3v) is 6.98. The average Bonchev–Trinajstić information content (AvgIpc) is 2.26. The Bertz CT molecular complexity index is 251. The van der Waals surface area contributed by atoms with Gasteiger partial charge >= 0.3 is 8.60 Å². The quantitative estimate of drug-likeness (QED) is 0.365. The Labute approximate surface area is 134 Å². The first-order valence-electron chi connectivity index (χ1n) is 5.81. The molecule has 0 rings (SSSR count). The molecule has 1 unspecified atom stereocenters. The molecule has 0 saturated heterocycles. The van der Waals surface area contributed by atoms with Crippen LogP contribution in [0.4, 0.5) is 0 Å². The minimum Gasteiger partial charge on any atom is -0.328 e. The third-order valence-electron chi connectivity index (χ3n) is 1.24. The maximum atomic E-state index is 7.23. The molecule has 3 N–H and O–H groups in total. The van der Waals surface area contributed by atoms with E-state index in [1.807, 2.05) is 32.4 Å². The van der Waals surface area contributed by atoms with Crippen LogP contribution < -0.4 is 0 Å². The van der Waals surface area contributed by atoms with E-state index in [2.05, 4.69) is 45.8 Å². The fourth-order valence-corrected chi connectivity index (χ4v) is 4.18. The standard InChI is InChI=1S/C11H20S4.H3O3P/c1-6-11(15-14-10(4)5)7-8-12-13-9(2)3;1-4(2)3/h9-11H,6H2,1-5H3;1-3H. The lowest BCUT2D eigenvalue weighted by molar-refractivity contribution is 0.368. The molecule has 3 nitrogen and oxygen atoms in total. The topological polar surface area (TPSA) is 60.7 Å². The molecule has 0 aliphatic rings. The highest BCUT2D eigenvalue weighted by molar-refractivity contribution is 8.78. The van der Waals surface area contributed by atoms with Gasteiger partial charge in [-0.05, 0) is 22.5 Å². The lowest BCUT2D eigenvalue weighted by atomic mass is 10.3. The Hall–Kier alpha value is 1.27. The van der Waals surface area contributed by atoms with Crippen LogP contribution in [0.1, 0.15) is 41.0 Å². The average molecular weight is 363 g/mol. The van der Waals surface area contributed by atoms with Gasteiger partial charge in [0.2, 0.25) is 0 Å². The molecule has 0 aromatic carbocycles. The number of hydrogen-bond donors (Lipinski definition) is 3. The van der Waals surface area contributed by atoms with Crippen LogP contribution >= 0.6 is 51.8 Å². The summed E-state index contributed by atoms with van der Waals surface area (Å²) in [5.41, 5.74) is 0. The van der Waals surface area contributed by atoms with Crippen LogP contribution in [0.15, 0.2) is 0 Å². The summed E-state index contributed by atoms with van der Waals surface area (Å²) in [4.78, 5) is 21.7. The van der Waals surface area contributed by atoms with Gasteiger partial charge in [0.15, 0.2) is 0 Å². The van der Waals surface area contributed by atoms with Crippen molar-refractivity contribution in [3.63, 3.8) is 0 Å². The summed E-state index contributed by atoms with van der Waals surface area (Å²) in [5.74, 6) is 3.31. The van der Waals surface area contributed by atoms with Crippen LogP contribution in [0.3, 0.4) is 0 Å². The van der Waals surface area contributed by atoms with E-state index in [1.165, 1.54) is 0 Å². The predicted molar refractivity (Wildman–Crippen MR) is 96.1 cm³/mol. The van der Waals surface area contributed by atoms with Crippen molar-refractivity contribution >= 4 is 51.8 Å². The Morgan fingerprint density at radius 3 is 1.79 bits per heavy atom. The summed E-state index contributed by atoms with van der Waals surface area (Å²) in [6, 6.07) is 0. The second-order valence-electron chi connectivity index (χ2n) is 3.88. The largest absolute Gasteiger partial charge is 0.328 e. The molecule has 0 aromatic heterocycles. The normalized spacial score (nSPS) is 11.9. The summed E-state index contributed by atoms with van der Waals surface area (Å²) < 4.78 is 0. The molecule has 19 heavy (non-hydrogen) atoms. The Kier molecular flexibility index (Phi) is 18.6. The summed E-state index contributed by atoms with van der Waals surface area (Å²) in [6.45, 7) is 11.0. The molecule has 1 atom stereocenters. The van der Waals surface area contributed by atoms with Gasteiger partial charge in [0.05, 0.1) is 5.25 Å². The fraction of sp³-hybridized carbons (Fsp3) is 0.818. The van der Waals surface area contributed by atoms with E-state index in [-0.39, 0.29) is 0 Å². The van der Waals surface area contributed by atoms with Crippen LogP contribution in [-0.4, -0.2) is 30.4 Å². The van der Waals surface area contributed by atoms with Gasteiger partial charge < -0.3 is 14.7 Å². The first-order valence-corrected chi connectivity index (χ1v) is 11.5. The molecular weight excluding hydrogens is 339 g/mol. The van der Waals surface area contributed by atoms with Crippen molar-refractivity contribution in [3.8, 4) is 11.2 Å². The maximum Gasteiger partial charge on any atom is 0.324 e. The molecule has 0 aliphatic carbocycles. The molecule has 0 radical (unpaired) electrons. The zero-order valence-electron chi connectivity index (χ0n) is 11.9. The highest BCUT2D eigenvalue weighted by atomic mass is 33.1. The molecule has 0 heterocycles. The van der Waals surface area contributed by atoms with Crippen LogP contribution in [0, 0.1) is 11.2 Å². The van der Waals surface area contributed by atoms with E-state index in [9.17, 15) is 0 Å². The third kappa shape index (κ3) is 24.6. The van der Waals surface area contributed by atoms with E-state index >= 15 is 0 Å².